The fraction of sp³-hybridized carbons (Fsp3) is 0.800. The van der Waals surface area contributed by atoms with Crippen LogP contribution in [0.1, 0.15) is 26.7 Å². The Hall–Kier alpha value is -1.06. The van der Waals surface area contributed by atoms with Crippen molar-refractivity contribution in [1.29, 1.82) is 0 Å². The van der Waals surface area contributed by atoms with Crippen LogP contribution < -0.4 is 5.32 Å². The molecule has 0 bridgehead atoms. The van der Waals surface area contributed by atoms with Gasteiger partial charge in [-0.1, -0.05) is 13.8 Å². The summed E-state index contributed by atoms with van der Waals surface area (Å²) >= 11 is 0. The van der Waals surface area contributed by atoms with Gasteiger partial charge in [0.1, 0.15) is 12.1 Å². The molecule has 0 aromatic carbocycles. The highest BCUT2D eigenvalue weighted by atomic mass is 16.2. The Morgan fingerprint density at radius 2 is 2.14 bits per heavy atom. The highest BCUT2D eigenvalue weighted by Crippen LogP contribution is 2.26. The molecule has 4 heteroatoms. The maximum absolute atomic E-state index is 11.9. The summed E-state index contributed by atoms with van der Waals surface area (Å²) in [5.41, 5.74) is 0. The van der Waals surface area contributed by atoms with E-state index in [-0.39, 0.29) is 23.9 Å². The SMILES string of the molecule is CC(C)[C@H]1C(=O)N[C@@H]2CCCN2C1=O. The number of rotatable bonds is 1. The van der Waals surface area contributed by atoms with E-state index in [9.17, 15) is 9.59 Å². The molecule has 2 amide bonds. The highest BCUT2D eigenvalue weighted by Gasteiger charge is 2.43. The second-order valence-electron chi connectivity index (χ2n) is 4.42. The molecule has 1 N–H and O–H groups in total. The number of hydrogen-bond donors (Lipinski definition) is 1. The van der Waals surface area contributed by atoms with Crippen LogP contribution in [0, 0.1) is 11.8 Å². The quantitative estimate of drug-likeness (QED) is 0.615. The van der Waals surface area contributed by atoms with Crippen LogP contribution in [0.5, 0.6) is 0 Å². The predicted octanol–water partition coefficient (Wildman–Crippen LogP) is 0.337. The van der Waals surface area contributed by atoms with Crippen LogP contribution in [0.4, 0.5) is 0 Å². The lowest BCUT2D eigenvalue weighted by Gasteiger charge is -2.36. The average molecular weight is 196 g/mol. The highest BCUT2D eigenvalue weighted by molar-refractivity contribution is 6.03. The smallest absolute Gasteiger partial charge is 0.237 e. The Labute approximate surface area is 83.6 Å². The lowest BCUT2D eigenvalue weighted by molar-refractivity contribution is -0.151. The molecular formula is C10H16N2O2. The van der Waals surface area contributed by atoms with Gasteiger partial charge in [-0.3, -0.25) is 9.59 Å². The molecule has 2 saturated heterocycles. The van der Waals surface area contributed by atoms with E-state index in [1.165, 1.54) is 0 Å². The van der Waals surface area contributed by atoms with Gasteiger partial charge in [-0.2, -0.15) is 0 Å². The number of hydrogen-bond acceptors (Lipinski definition) is 2. The van der Waals surface area contributed by atoms with E-state index in [4.69, 9.17) is 0 Å². The van der Waals surface area contributed by atoms with Crippen molar-refractivity contribution < 1.29 is 9.59 Å². The van der Waals surface area contributed by atoms with Gasteiger partial charge >= 0.3 is 0 Å². The standard InChI is InChI=1S/C10H16N2O2/c1-6(2)8-9(13)11-7-4-3-5-12(7)10(8)14/h6-8H,3-5H2,1-2H3,(H,11,13)/t7-,8-/m0/s1. The van der Waals surface area contributed by atoms with Gasteiger partial charge in [-0.15, -0.1) is 0 Å². The zero-order valence-electron chi connectivity index (χ0n) is 8.62. The Morgan fingerprint density at radius 1 is 1.43 bits per heavy atom. The second kappa shape index (κ2) is 3.26. The number of nitrogens with one attached hydrogen (secondary N) is 1. The molecule has 0 radical (unpaired) electrons. The minimum Gasteiger partial charge on any atom is -0.335 e. The van der Waals surface area contributed by atoms with E-state index in [0.717, 1.165) is 19.4 Å². The third-order valence-corrected chi connectivity index (χ3v) is 3.06. The molecule has 0 aromatic rings. The minimum absolute atomic E-state index is 0.0197. The van der Waals surface area contributed by atoms with Gasteiger partial charge in [0, 0.05) is 6.54 Å². The summed E-state index contributed by atoms with van der Waals surface area (Å²) in [7, 11) is 0. The van der Waals surface area contributed by atoms with Crippen LogP contribution in [0.3, 0.4) is 0 Å². The van der Waals surface area contributed by atoms with Gasteiger partial charge in [0.05, 0.1) is 0 Å². The van der Waals surface area contributed by atoms with Crippen LogP contribution in [0.15, 0.2) is 0 Å². The summed E-state index contributed by atoms with van der Waals surface area (Å²) in [5, 5.41) is 2.91. The monoisotopic (exact) mass is 196 g/mol. The van der Waals surface area contributed by atoms with Gasteiger partial charge < -0.3 is 10.2 Å². The molecular weight excluding hydrogens is 180 g/mol. The number of carbonyl (C=O) groups excluding carboxylic acids is 2. The topological polar surface area (TPSA) is 49.4 Å². The summed E-state index contributed by atoms with van der Waals surface area (Å²) in [4.78, 5) is 25.4. The molecule has 0 unspecified atom stereocenters. The zero-order chi connectivity index (χ0) is 10.3. The van der Waals surface area contributed by atoms with Gasteiger partial charge in [-0.25, -0.2) is 0 Å². The maximum atomic E-state index is 11.9. The van der Waals surface area contributed by atoms with E-state index < -0.39 is 5.92 Å². The molecule has 2 atom stereocenters. The first-order chi connectivity index (χ1) is 6.61. The largest absolute Gasteiger partial charge is 0.335 e. The number of nitrogens with zero attached hydrogens (tertiary/aromatic N) is 1. The molecule has 0 aromatic heterocycles. The number of amides is 2. The van der Waals surface area contributed by atoms with E-state index in [0.29, 0.717) is 0 Å². The van der Waals surface area contributed by atoms with E-state index in [1.54, 1.807) is 0 Å². The van der Waals surface area contributed by atoms with Crippen LogP contribution in [0.2, 0.25) is 0 Å². The second-order valence-corrected chi connectivity index (χ2v) is 4.42. The fourth-order valence-electron chi connectivity index (χ4n) is 2.31. The van der Waals surface area contributed by atoms with Crippen molar-refractivity contribution in [2.45, 2.75) is 32.9 Å². The molecule has 0 spiro atoms. The first kappa shape index (κ1) is 9.49. The van der Waals surface area contributed by atoms with E-state index in [1.807, 2.05) is 18.7 Å². The van der Waals surface area contributed by atoms with Crippen molar-refractivity contribution >= 4 is 11.8 Å². The molecule has 14 heavy (non-hydrogen) atoms. The molecule has 2 heterocycles. The van der Waals surface area contributed by atoms with Crippen molar-refractivity contribution in [2.24, 2.45) is 11.8 Å². The van der Waals surface area contributed by atoms with Gasteiger partial charge in [0.25, 0.3) is 0 Å². The van der Waals surface area contributed by atoms with Crippen LogP contribution in [-0.4, -0.2) is 29.4 Å². The Morgan fingerprint density at radius 3 is 2.79 bits per heavy atom. The first-order valence-electron chi connectivity index (χ1n) is 5.22. The molecule has 0 saturated carbocycles. The van der Waals surface area contributed by atoms with Crippen molar-refractivity contribution in [1.82, 2.24) is 10.2 Å². The zero-order valence-corrected chi connectivity index (χ0v) is 8.62. The summed E-state index contributed by atoms with van der Waals surface area (Å²) in [6.45, 7) is 4.63. The lowest BCUT2D eigenvalue weighted by atomic mass is 9.91. The molecule has 2 aliphatic rings. The minimum atomic E-state index is -0.468. The first-order valence-corrected chi connectivity index (χ1v) is 5.22. The summed E-state index contributed by atoms with van der Waals surface area (Å²) < 4.78 is 0. The van der Waals surface area contributed by atoms with Crippen molar-refractivity contribution in [2.75, 3.05) is 6.54 Å². The molecule has 2 aliphatic heterocycles. The average Bonchev–Trinajstić information content (AvgIpc) is 2.50. The lowest BCUT2D eigenvalue weighted by Crippen LogP contribution is -2.59. The predicted molar refractivity (Wildman–Crippen MR) is 51.2 cm³/mol. The maximum Gasteiger partial charge on any atom is 0.237 e. The molecule has 4 nitrogen and oxygen atoms in total. The Bertz CT molecular complexity index is 275. The third-order valence-electron chi connectivity index (χ3n) is 3.06. The van der Waals surface area contributed by atoms with Crippen molar-refractivity contribution in [3.8, 4) is 0 Å². The van der Waals surface area contributed by atoms with Crippen LogP contribution >= 0.6 is 0 Å². The molecule has 78 valence electrons. The molecule has 2 rings (SSSR count). The van der Waals surface area contributed by atoms with E-state index in [2.05, 4.69) is 5.32 Å². The molecule has 2 fully saturated rings. The van der Waals surface area contributed by atoms with Crippen LogP contribution in [0.25, 0.3) is 0 Å². The summed E-state index contributed by atoms with van der Waals surface area (Å²) in [5.74, 6) is -0.451. The van der Waals surface area contributed by atoms with Gasteiger partial charge in [0.15, 0.2) is 0 Å². The number of fused-ring (bicyclic) bond motifs is 1. The Balaban J connectivity index is 2.21. The fourth-order valence-corrected chi connectivity index (χ4v) is 2.31. The summed E-state index contributed by atoms with van der Waals surface area (Å²) in [6, 6.07) is 0. The van der Waals surface area contributed by atoms with Crippen LogP contribution in [-0.2, 0) is 9.59 Å². The molecule has 0 aliphatic carbocycles. The van der Waals surface area contributed by atoms with Crippen molar-refractivity contribution in [3.05, 3.63) is 0 Å². The van der Waals surface area contributed by atoms with Gasteiger partial charge in [-0.05, 0) is 18.8 Å². The normalized spacial score (nSPS) is 32.1. The van der Waals surface area contributed by atoms with Crippen molar-refractivity contribution in [3.63, 3.8) is 0 Å². The summed E-state index contributed by atoms with van der Waals surface area (Å²) in [6.07, 6.45) is 1.88. The third kappa shape index (κ3) is 1.29. The van der Waals surface area contributed by atoms with Gasteiger partial charge in [0.2, 0.25) is 11.8 Å². The van der Waals surface area contributed by atoms with E-state index >= 15 is 0 Å². The number of carbonyl (C=O) groups is 2. The Kier molecular flexibility index (Phi) is 2.21.